The third-order valence-electron chi connectivity index (χ3n) is 10.3. The number of aliphatic hydroxyl groups is 2. The van der Waals surface area contributed by atoms with Gasteiger partial charge in [0, 0.05) is 30.1 Å². The highest BCUT2D eigenvalue weighted by atomic mass is 16.5. The summed E-state index contributed by atoms with van der Waals surface area (Å²) in [5.41, 5.74) is 0.796. The molecule has 284 valence electrons. The third kappa shape index (κ3) is 9.95. The normalized spacial score (nSPS) is 15.4. The molecule has 0 spiro atoms. The van der Waals surface area contributed by atoms with Gasteiger partial charge in [0.2, 0.25) is 11.2 Å². The topological polar surface area (TPSA) is 144 Å². The van der Waals surface area contributed by atoms with Crippen LogP contribution in [0.5, 0.6) is 11.5 Å². The molecule has 5 aromatic rings. The molecule has 5 N–H and O–H groups in total. The molecule has 0 bridgehead atoms. The van der Waals surface area contributed by atoms with Gasteiger partial charge in [-0.3, -0.25) is 9.69 Å². The smallest absolute Gasteiger partial charge is 0.347 e. The standard InChI is InChI=1S/C44H51N3O7/c48-39-20-18-37(38-19-21-41(50)46-42(38)39)40(49)29-45-24-9-1-2-10-27-53-36-17-11-16-35(28-36)44(52,34-14-7-4-8-15-34)43(51)54-31-33-22-25-47(26-23-33)30-32-12-5-3-6-13-32/h3-8,11-21,28,33,40,45,48-49,52H,1-2,9-10,22-27,29-31H2,(H,46,50)/t40-,44-/m1/s1. The average Bonchev–Trinajstić information content (AvgIpc) is 3.20. The number of esters is 1. The lowest BCUT2D eigenvalue weighted by Gasteiger charge is -2.33. The van der Waals surface area contributed by atoms with Gasteiger partial charge in [0.15, 0.2) is 0 Å². The predicted molar refractivity (Wildman–Crippen MR) is 209 cm³/mol. The minimum Gasteiger partial charge on any atom is -0.506 e. The number of hydrogen-bond acceptors (Lipinski definition) is 9. The van der Waals surface area contributed by atoms with E-state index in [0.717, 1.165) is 64.7 Å². The van der Waals surface area contributed by atoms with Crippen molar-refractivity contribution < 1.29 is 29.6 Å². The second-order valence-electron chi connectivity index (χ2n) is 14.2. The molecule has 1 saturated heterocycles. The van der Waals surface area contributed by atoms with Crippen LogP contribution in [0.15, 0.2) is 114 Å². The van der Waals surface area contributed by atoms with Gasteiger partial charge in [0.05, 0.1) is 24.8 Å². The summed E-state index contributed by atoms with van der Waals surface area (Å²) >= 11 is 0. The van der Waals surface area contributed by atoms with E-state index in [-0.39, 0.29) is 23.8 Å². The number of nitrogens with one attached hydrogen (secondary N) is 2. The van der Waals surface area contributed by atoms with Gasteiger partial charge >= 0.3 is 5.97 Å². The maximum Gasteiger partial charge on any atom is 0.347 e. The fourth-order valence-corrected chi connectivity index (χ4v) is 7.14. The number of rotatable bonds is 18. The first kappa shape index (κ1) is 38.7. The molecular formula is C44H51N3O7. The summed E-state index contributed by atoms with van der Waals surface area (Å²) in [5, 5.41) is 36.8. The molecule has 10 nitrogen and oxygen atoms in total. The summed E-state index contributed by atoms with van der Waals surface area (Å²) in [4.78, 5) is 30.5. The van der Waals surface area contributed by atoms with Crippen LogP contribution in [-0.2, 0) is 21.7 Å². The number of aromatic nitrogens is 1. The molecule has 0 aliphatic carbocycles. The molecule has 1 aromatic heterocycles. The molecule has 0 unspecified atom stereocenters. The van der Waals surface area contributed by atoms with Gasteiger partial charge in [0.1, 0.15) is 11.5 Å². The SMILES string of the molecule is O=C(OCC1CCN(Cc2ccccc2)CC1)[C@@](O)(c1ccccc1)c1cccc(OCCCCCCNC[C@@H](O)c2ccc(O)c3[nH]c(=O)ccc23)c1. The molecule has 6 rings (SSSR count). The zero-order valence-electron chi connectivity index (χ0n) is 30.7. The number of benzene rings is 4. The number of hydrogen-bond donors (Lipinski definition) is 5. The van der Waals surface area contributed by atoms with E-state index in [1.165, 1.54) is 17.7 Å². The van der Waals surface area contributed by atoms with Gasteiger partial charge in [-0.2, -0.15) is 0 Å². The molecule has 4 aromatic carbocycles. The Hall–Kier alpha value is -5.00. The van der Waals surface area contributed by atoms with Crippen molar-refractivity contribution in [3.8, 4) is 11.5 Å². The Bertz CT molecular complexity index is 2000. The minimum absolute atomic E-state index is 0.0334. The number of likely N-dealkylation sites (tertiary alicyclic amines) is 1. The number of piperidine rings is 1. The number of aromatic hydroxyl groups is 1. The molecule has 2 heterocycles. The Morgan fingerprint density at radius 3 is 2.37 bits per heavy atom. The number of carbonyl (C=O) groups excluding carboxylic acids is 1. The van der Waals surface area contributed by atoms with Crippen LogP contribution in [0.2, 0.25) is 0 Å². The van der Waals surface area contributed by atoms with E-state index in [9.17, 15) is 24.9 Å². The van der Waals surface area contributed by atoms with Crippen LogP contribution in [0.1, 0.15) is 66.9 Å². The van der Waals surface area contributed by atoms with Crippen molar-refractivity contribution >= 4 is 16.9 Å². The molecule has 0 saturated carbocycles. The number of phenols is 1. The number of pyridine rings is 1. The molecule has 54 heavy (non-hydrogen) atoms. The number of aromatic amines is 1. The molecule has 0 amide bonds. The zero-order valence-corrected chi connectivity index (χ0v) is 30.7. The maximum atomic E-state index is 13.8. The summed E-state index contributed by atoms with van der Waals surface area (Å²) in [6, 6.07) is 32.6. The highest BCUT2D eigenvalue weighted by Gasteiger charge is 2.42. The fraction of sp³-hybridized carbons (Fsp3) is 0.364. The first-order valence-corrected chi connectivity index (χ1v) is 19.0. The van der Waals surface area contributed by atoms with Crippen molar-refractivity contribution in [1.29, 1.82) is 0 Å². The van der Waals surface area contributed by atoms with Gasteiger partial charge in [-0.15, -0.1) is 0 Å². The Morgan fingerprint density at radius 2 is 1.59 bits per heavy atom. The largest absolute Gasteiger partial charge is 0.506 e. The van der Waals surface area contributed by atoms with Crippen molar-refractivity contribution in [3.63, 3.8) is 0 Å². The highest BCUT2D eigenvalue weighted by molar-refractivity contribution is 5.87. The lowest BCUT2D eigenvalue weighted by molar-refractivity contribution is -0.164. The number of H-pyrrole nitrogens is 1. The first-order chi connectivity index (χ1) is 26.3. The van der Waals surface area contributed by atoms with E-state index in [1.807, 2.05) is 18.2 Å². The van der Waals surface area contributed by atoms with Crippen LogP contribution in [0, 0.1) is 5.92 Å². The van der Waals surface area contributed by atoms with Crippen molar-refractivity contribution in [2.45, 2.75) is 56.8 Å². The monoisotopic (exact) mass is 733 g/mol. The molecule has 1 aliphatic heterocycles. The van der Waals surface area contributed by atoms with Crippen LogP contribution >= 0.6 is 0 Å². The van der Waals surface area contributed by atoms with Gasteiger partial charge in [-0.25, -0.2) is 4.79 Å². The van der Waals surface area contributed by atoms with E-state index >= 15 is 0 Å². The minimum atomic E-state index is -1.98. The predicted octanol–water partition coefficient (Wildman–Crippen LogP) is 6.19. The second-order valence-corrected chi connectivity index (χ2v) is 14.2. The van der Waals surface area contributed by atoms with E-state index in [1.54, 1.807) is 54.6 Å². The first-order valence-electron chi connectivity index (χ1n) is 19.0. The lowest BCUT2D eigenvalue weighted by atomic mass is 9.86. The summed E-state index contributed by atoms with van der Waals surface area (Å²) in [5.74, 6) is 0.0839. The number of ether oxygens (including phenoxy) is 2. The molecule has 1 aliphatic rings. The Kier molecular flexibility index (Phi) is 13.5. The number of nitrogens with zero attached hydrogens (tertiary/aromatic N) is 1. The van der Waals surface area contributed by atoms with Crippen LogP contribution in [-0.4, -0.2) is 70.6 Å². The van der Waals surface area contributed by atoms with Gasteiger partial charge in [-0.1, -0.05) is 91.7 Å². The number of phenolic OH excluding ortho intramolecular Hbond substituents is 1. The number of carbonyl (C=O) groups is 1. The molecule has 2 atom stereocenters. The fourth-order valence-electron chi connectivity index (χ4n) is 7.14. The van der Waals surface area contributed by atoms with E-state index in [2.05, 4.69) is 39.5 Å². The number of aliphatic hydroxyl groups excluding tert-OH is 1. The lowest BCUT2D eigenvalue weighted by Crippen LogP contribution is -2.40. The number of unbranched alkanes of at least 4 members (excludes halogenated alkanes) is 3. The van der Waals surface area contributed by atoms with E-state index in [4.69, 9.17) is 9.47 Å². The summed E-state index contributed by atoms with van der Waals surface area (Å²) < 4.78 is 11.9. The van der Waals surface area contributed by atoms with E-state index in [0.29, 0.717) is 46.5 Å². The Balaban J connectivity index is 0.937. The molecule has 10 heteroatoms. The van der Waals surface area contributed by atoms with Crippen LogP contribution in [0.25, 0.3) is 10.9 Å². The summed E-state index contributed by atoms with van der Waals surface area (Å²) in [6.45, 7) is 4.61. The van der Waals surface area contributed by atoms with Gasteiger partial charge in [0.25, 0.3) is 0 Å². The van der Waals surface area contributed by atoms with Crippen molar-refractivity contribution in [1.82, 2.24) is 15.2 Å². The highest BCUT2D eigenvalue weighted by Crippen LogP contribution is 2.34. The molecule has 1 fully saturated rings. The summed E-state index contributed by atoms with van der Waals surface area (Å²) in [6.07, 6.45) is 4.74. The Morgan fingerprint density at radius 1 is 0.870 bits per heavy atom. The summed E-state index contributed by atoms with van der Waals surface area (Å²) in [7, 11) is 0. The number of fused-ring (bicyclic) bond motifs is 1. The van der Waals surface area contributed by atoms with Crippen molar-refractivity contribution in [2.75, 3.05) is 39.4 Å². The quantitative estimate of drug-likeness (QED) is 0.0526. The van der Waals surface area contributed by atoms with Crippen molar-refractivity contribution in [2.24, 2.45) is 5.92 Å². The van der Waals surface area contributed by atoms with Crippen LogP contribution in [0.3, 0.4) is 0 Å². The van der Waals surface area contributed by atoms with Gasteiger partial charge in [-0.05, 0) is 92.2 Å². The van der Waals surface area contributed by atoms with Crippen LogP contribution < -0.4 is 15.6 Å². The molecule has 0 radical (unpaired) electrons. The van der Waals surface area contributed by atoms with E-state index < -0.39 is 17.7 Å². The van der Waals surface area contributed by atoms with Crippen LogP contribution in [0.4, 0.5) is 0 Å². The van der Waals surface area contributed by atoms with Crippen molar-refractivity contribution in [3.05, 3.63) is 142 Å². The zero-order chi connectivity index (χ0) is 37.8. The third-order valence-corrected chi connectivity index (χ3v) is 10.3. The maximum absolute atomic E-state index is 13.8. The average molecular weight is 734 g/mol. The molecular weight excluding hydrogens is 682 g/mol. The van der Waals surface area contributed by atoms with Gasteiger partial charge < -0.3 is 35.1 Å². The second kappa shape index (κ2) is 18.9. The Labute approximate surface area is 316 Å².